The van der Waals surface area contributed by atoms with Gasteiger partial charge in [0.05, 0.1) is 11.8 Å². The van der Waals surface area contributed by atoms with Crippen LogP contribution in [0.4, 0.5) is 4.39 Å². The second-order valence-electron chi connectivity index (χ2n) is 7.41. The number of amides is 1. The molecule has 1 aliphatic carbocycles. The maximum absolute atomic E-state index is 13.9. The zero-order valence-electron chi connectivity index (χ0n) is 14.4. The molecular formula is C18H22FN5O. The Morgan fingerprint density at radius 3 is 2.80 bits per heavy atom. The molecule has 2 aromatic rings. The quantitative estimate of drug-likeness (QED) is 0.926. The van der Waals surface area contributed by atoms with E-state index in [0.717, 1.165) is 17.8 Å². The van der Waals surface area contributed by atoms with Gasteiger partial charge < -0.3 is 4.90 Å². The van der Waals surface area contributed by atoms with Crippen LogP contribution in [0.15, 0.2) is 18.5 Å². The first-order valence-electron chi connectivity index (χ1n) is 8.85. The van der Waals surface area contributed by atoms with Crippen LogP contribution in [0.1, 0.15) is 60.5 Å². The molecule has 0 bridgehead atoms. The van der Waals surface area contributed by atoms with Gasteiger partial charge in [0.15, 0.2) is 11.6 Å². The summed E-state index contributed by atoms with van der Waals surface area (Å²) in [4.78, 5) is 22.9. The van der Waals surface area contributed by atoms with Crippen LogP contribution in [-0.2, 0) is 0 Å². The van der Waals surface area contributed by atoms with E-state index >= 15 is 0 Å². The molecule has 0 radical (unpaired) electrons. The maximum atomic E-state index is 13.9. The number of nitrogens with one attached hydrogen (secondary N) is 1. The number of carbonyl (C=O) groups is 1. The van der Waals surface area contributed by atoms with Gasteiger partial charge in [-0.1, -0.05) is 13.8 Å². The van der Waals surface area contributed by atoms with Gasteiger partial charge in [-0.3, -0.25) is 14.9 Å². The molecule has 4 rings (SSSR count). The number of halogens is 1. The van der Waals surface area contributed by atoms with E-state index in [1.54, 1.807) is 4.90 Å². The Bertz CT molecular complexity index is 785. The lowest BCUT2D eigenvalue weighted by molar-refractivity contribution is 0.0780. The number of carbonyl (C=O) groups excluding carboxylic acids is 1. The minimum Gasteiger partial charge on any atom is -0.337 e. The minimum atomic E-state index is -0.569. The van der Waals surface area contributed by atoms with Crippen LogP contribution in [0.25, 0.3) is 0 Å². The number of hydrogen-bond donors (Lipinski definition) is 1. The number of aromatic amines is 1. The molecular weight excluding hydrogens is 321 g/mol. The van der Waals surface area contributed by atoms with Crippen molar-refractivity contribution in [1.82, 2.24) is 25.1 Å². The predicted octanol–water partition coefficient (Wildman–Crippen LogP) is 2.73. The van der Waals surface area contributed by atoms with Gasteiger partial charge >= 0.3 is 0 Å². The van der Waals surface area contributed by atoms with Crippen LogP contribution < -0.4 is 0 Å². The molecule has 3 heterocycles. The van der Waals surface area contributed by atoms with Gasteiger partial charge in [-0.2, -0.15) is 5.10 Å². The molecule has 7 heteroatoms. The number of hydrogen-bond acceptors (Lipinski definition) is 4. The van der Waals surface area contributed by atoms with E-state index in [4.69, 9.17) is 0 Å². The third kappa shape index (κ3) is 3.03. The summed E-state index contributed by atoms with van der Waals surface area (Å²) in [6, 6.07) is 1.45. The van der Waals surface area contributed by atoms with Crippen molar-refractivity contribution in [2.24, 2.45) is 11.8 Å². The Kier molecular flexibility index (Phi) is 4.01. The summed E-state index contributed by atoms with van der Waals surface area (Å²) < 4.78 is 13.9. The highest BCUT2D eigenvalue weighted by Crippen LogP contribution is 2.47. The van der Waals surface area contributed by atoms with Crippen molar-refractivity contribution in [2.75, 3.05) is 13.1 Å². The van der Waals surface area contributed by atoms with Crippen molar-refractivity contribution in [3.05, 3.63) is 41.5 Å². The molecule has 0 unspecified atom stereocenters. The summed E-state index contributed by atoms with van der Waals surface area (Å²) in [7, 11) is 0. The van der Waals surface area contributed by atoms with Gasteiger partial charge in [-0.25, -0.2) is 9.37 Å². The third-order valence-electron chi connectivity index (χ3n) is 5.27. The second-order valence-corrected chi connectivity index (χ2v) is 7.41. The first kappa shape index (κ1) is 16.2. The van der Waals surface area contributed by atoms with Crippen LogP contribution in [0.3, 0.4) is 0 Å². The molecule has 2 aromatic heterocycles. The van der Waals surface area contributed by atoms with E-state index in [9.17, 15) is 9.18 Å². The zero-order valence-corrected chi connectivity index (χ0v) is 14.4. The second kappa shape index (κ2) is 6.20. The lowest BCUT2D eigenvalue weighted by atomic mass is 9.91. The highest BCUT2D eigenvalue weighted by Gasteiger charge is 2.46. The molecule has 0 spiro atoms. The van der Waals surface area contributed by atoms with Crippen molar-refractivity contribution in [3.8, 4) is 0 Å². The monoisotopic (exact) mass is 343 g/mol. The zero-order chi connectivity index (χ0) is 17.6. The molecule has 132 valence electrons. The van der Waals surface area contributed by atoms with Crippen LogP contribution >= 0.6 is 0 Å². The maximum Gasteiger partial charge on any atom is 0.256 e. The SMILES string of the molecule is CC(C)c1n[nH]c([C@H]2CN(C(=O)c3ccncc3F)C[C@@H]2C2CC2)n1. The average Bonchev–Trinajstić information content (AvgIpc) is 3.15. The van der Waals surface area contributed by atoms with Gasteiger partial charge in [-0.15, -0.1) is 0 Å². The van der Waals surface area contributed by atoms with Gasteiger partial charge in [0.2, 0.25) is 0 Å². The van der Waals surface area contributed by atoms with Gasteiger partial charge in [-0.05, 0) is 30.7 Å². The number of nitrogens with zero attached hydrogens (tertiary/aromatic N) is 4. The number of H-pyrrole nitrogens is 1. The summed E-state index contributed by atoms with van der Waals surface area (Å²) in [5, 5.41) is 7.38. The number of likely N-dealkylation sites (tertiary alicyclic amines) is 1. The fourth-order valence-electron chi connectivity index (χ4n) is 3.72. The van der Waals surface area contributed by atoms with E-state index < -0.39 is 5.82 Å². The van der Waals surface area contributed by atoms with E-state index in [1.807, 2.05) is 0 Å². The molecule has 0 aromatic carbocycles. The van der Waals surface area contributed by atoms with E-state index in [2.05, 4.69) is 34.0 Å². The van der Waals surface area contributed by atoms with Crippen molar-refractivity contribution in [1.29, 1.82) is 0 Å². The third-order valence-corrected chi connectivity index (χ3v) is 5.27. The Hall–Kier alpha value is -2.31. The van der Waals surface area contributed by atoms with E-state index in [0.29, 0.717) is 24.9 Å². The highest BCUT2D eigenvalue weighted by molar-refractivity contribution is 5.94. The van der Waals surface area contributed by atoms with Crippen molar-refractivity contribution >= 4 is 5.91 Å². The predicted molar refractivity (Wildman–Crippen MR) is 89.5 cm³/mol. The van der Waals surface area contributed by atoms with Crippen molar-refractivity contribution in [2.45, 2.75) is 38.5 Å². The normalized spacial score (nSPS) is 23.4. The molecule has 1 saturated heterocycles. The lowest BCUT2D eigenvalue weighted by Gasteiger charge is -2.16. The van der Waals surface area contributed by atoms with Crippen LogP contribution in [0, 0.1) is 17.7 Å². The molecule has 6 nitrogen and oxygen atoms in total. The standard InChI is InChI=1S/C18H22FN5O/c1-10(2)16-21-17(23-22-16)14-9-24(8-13(14)11-3-4-11)18(25)12-5-6-20-7-15(12)19/h5-7,10-11,13-14H,3-4,8-9H2,1-2H3,(H,21,22,23)/t13-,14+/m1/s1. The van der Waals surface area contributed by atoms with E-state index in [-0.39, 0.29) is 23.3 Å². The molecule has 2 fully saturated rings. The molecule has 1 N–H and O–H groups in total. The Labute approximate surface area is 145 Å². The summed E-state index contributed by atoms with van der Waals surface area (Å²) in [6.45, 7) is 5.31. The molecule has 1 amide bonds. The topological polar surface area (TPSA) is 74.8 Å². The first-order valence-corrected chi connectivity index (χ1v) is 8.85. The van der Waals surface area contributed by atoms with Crippen LogP contribution in [-0.4, -0.2) is 44.1 Å². The number of rotatable bonds is 4. The first-order chi connectivity index (χ1) is 12.0. The summed E-state index contributed by atoms with van der Waals surface area (Å²) in [6.07, 6.45) is 4.92. The van der Waals surface area contributed by atoms with Crippen molar-refractivity contribution < 1.29 is 9.18 Å². The lowest BCUT2D eigenvalue weighted by Crippen LogP contribution is -2.30. The summed E-state index contributed by atoms with van der Waals surface area (Å²) in [5.41, 5.74) is 0.0886. The van der Waals surface area contributed by atoms with Gasteiger partial charge in [0, 0.05) is 31.1 Å². The molecule has 25 heavy (non-hydrogen) atoms. The highest BCUT2D eigenvalue weighted by atomic mass is 19.1. The molecule has 2 atom stereocenters. The van der Waals surface area contributed by atoms with Gasteiger partial charge in [0.1, 0.15) is 5.82 Å². The molecule has 1 aliphatic heterocycles. The largest absolute Gasteiger partial charge is 0.337 e. The average molecular weight is 343 g/mol. The Balaban J connectivity index is 1.58. The van der Waals surface area contributed by atoms with E-state index in [1.165, 1.54) is 25.1 Å². The molecule has 2 aliphatic rings. The smallest absolute Gasteiger partial charge is 0.256 e. The van der Waals surface area contributed by atoms with Crippen LogP contribution in [0.2, 0.25) is 0 Å². The Morgan fingerprint density at radius 2 is 2.16 bits per heavy atom. The summed E-state index contributed by atoms with van der Waals surface area (Å²) in [5.74, 6) is 2.20. The summed E-state index contributed by atoms with van der Waals surface area (Å²) >= 11 is 0. The number of pyridine rings is 1. The molecule has 1 saturated carbocycles. The van der Waals surface area contributed by atoms with Gasteiger partial charge in [0.25, 0.3) is 5.91 Å². The minimum absolute atomic E-state index is 0.0886. The van der Waals surface area contributed by atoms with Crippen LogP contribution in [0.5, 0.6) is 0 Å². The Morgan fingerprint density at radius 1 is 1.36 bits per heavy atom. The fourth-order valence-corrected chi connectivity index (χ4v) is 3.72. The fraction of sp³-hybridized carbons (Fsp3) is 0.556. The number of aromatic nitrogens is 4. The van der Waals surface area contributed by atoms with Crippen molar-refractivity contribution in [3.63, 3.8) is 0 Å².